The Labute approximate surface area is 206 Å². The van der Waals surface area contributed by atoms with Crippen LogP contribution in [-0.4, -0.2) is 16.1 Å². The first-order chi connectivity index (χ1) is 16.9. The van der Waals surface area contributed by atoms with Crippen molar-refractivity contribution in [3.63, 3.8) is 0 Å². The highest BCUT2D eigenvalue weighted by Crippen LogP contribution is 2.30. The summed E-state index contributed by atoms with van der Waals surface area (Å²) in [6.45, 7) is 0. The molecule has 0 atom stereocenters. The third-order valence-electron chi connectivity index (χ3n) is 5.15. The molecular formula is C26H13ClN2O5S. The number of rotatable bonds is 5. The van der Waals surface area contributed by atoms with Gasteiger partial charge in [0.25, 0.3) is 0 Å². The third kappa shape index (κ3) is 4.51. The van der Waals surface area contributed by atoms with Crippen molar-refractivity contribution in [3.05, 3.63) is 97.8 Å². The highest BCUT2D eigenvalue weighted by atomic mass is 35.5. The molecule has 35 heavy (non-hydrogen) atoms. The number of thiazole rings is 1. The molecule has 0 radical (unpaired) electrons. The standard InChI is InChI=1S/C26H13ClN2O5S/c27-18-5-7-23-16(9-18)11-20(26(32)34-23)21-13-35-24(29-21)17(12-28)10-19-6-8-22(33-19)14-1-3-15(4-2-14)25(30)31/h1-11,13H,(H,30,31). The molecule has 3 aromatic heterocycles. The molecule has 3 heterocycles. The molecular weight excluding hydrogens is 488 g/mol. The summed E-state index contributed by atoms with van der Waals surface area (Å²) in [6, 6.07) is 18.5. The van der Waals surface area contributed by atoms with E-state index >= 15 is 0 Å². The van der Waals surface area contributed by atoms with Gasteiger partial charge in [-0.2, -0.15) is 5.26 Å². The molecule has 1 N–H and O–H groups in total. The lowest BCUT2D eigenvalue weighted by molar-refractivity contribution is 0.0697. The minimum absolute atomic E-state index is 0.176. The van der Waals surface area contributed by atoms with E-state index in [-0.39, 0.29) is 16.7 Å². The molecule has 2 aromatic carbocycles. The molecule has 0 aliphatic rings. The zero-order valence-corrected chi connectivity index (χ0v) is 19.3. The fourth-order valence-corrected chi connectivity index (χ4v) is 4.41. The second kappa shape index (κ2) is 9.06. The summed E-state index contributed by atoms with van der Waals surface area (Å²) in [6.07, 6.45) is 1.56. The highest BCUT2D eigenvalue weighted by molar-refractivity contribution is 7.11. The maximum absolute atomic E-state index is 12.5. The van der Waals surface area contributed by atoms with Crippen LogP contribution >= 0.6 is 22.9 Å². The molecule has 0 fully saturated rings. The van der Waals surface area contributed by atoms with Crippen molar-refractivity contribution in [1.82, 2.24) is 4.98 Å². The van der Waals surface area contributed by atoms with Gasteiger partial charge in [0.2, 0.25) is 0 Å². The van der Waals surface area contributed by atoms with Gasteiger partial charge in [0.05, 0.1) is 22.4 Å². The zero-order chi connectivity index (χ0) is 24.5. The average Bonchev–Trinajstić information content (AvgIpc) is 3.52. The Morgan fingerprint density at radius 3 is 2.63 bits per heavy atom. The maximum atomic E-state index is 12.5. The van der Waals surface area contributed by atoms with Gasteiger partial charge in [0.1, 0.15) is 28.2 Å². The second-order valence-corrected chi connectivity index (χ2v) is 8.72. The van der Waals surface area contributed by atoms with E-state index in [1.165, 1.54) is 23.5 Å². The predicted molar refractivity (Wildman–Crippen MR) is 133 cm³/mol. The molecule has 0 saturated heterocycles. The molecule has 0 amide bonds. The minimum atomic E-state index is -1.01. The fourth-order valence-electron chi connectivity index (χ4n) is 3.44. The zero-order valence-electron chi connectivity index (χ0n) is 17.7. The number of halogens is 1. The van der Waals surface area contributed by atoms with E-state index in [4.69, 9.17) is 25.5 Å². The molecule has 0 bridgehead atoms. The number of benzene rings is 2. The summed E-state index contributed by atoms with van der Waals surface area (Å²) in [5.74, 6) is -0.0560. The second-order valence-electron chi connectivity index (χ2n) is 7.42. The summed E-state index contributed by atoms with van der Waals surface area (Å²) in [4.78, 5) is 28.0. The largest absolute Gasteiger partial charge is 0.478 e. The SMILES string of the molecule is N#CC(=Cc1ccc(-c2ccc(C(=O)O)cc2)o1)c1nc(-c2cc3cc(Cl)ccc3oc2=O)cs1. The smallest absolute Gasteiger partial charge is 0.345 e. The quantitative estimate of drug-likeness (QED) is 0.213. The molecule has 170 valence electrons. The van der Waals surface area contributed by atoms with Crippen LogP contribution in [-0.2, 0) is 0 Å². The van der Waals surface area contributed by atoms with Crippen LogP contribution in [0.4, 0.5) is 0 Å². The van der Waals surface area contributed by atoms with Crippen LogP contribution in [0.25, 0.3) is 45.2 Å². The first kappa shape index (κ1) is 22.3. The number of aromatic nitrogens is 1. The lowest BCUT2D eigenvalue weighted by Crippen LogP contribution is -2.02. The summed E-state index contributed by atoms with van der Waals surface area (Å²) < 4.78 is 11.2. The van der Waals surface area contributed by atoms with Crippen molar-refractivity contribution in [3.8, 4) is 28.7 Å². The molecule has 0 saturated carbocycles. The number of aromatic carboxylic acids is 1. The number of hydrogen-bond donors (Lipinski definition) is 1. The van der Waals surface area contributed by atoms with Crippen LogP contribution in [0.15, 0.2) is 79.7 Å². The molecule has 0 aliphatic carbocycles. The summed E-state index contributed by atoms with van der Waals surface area (Å²) in [5.41, 5.74) is 1.68. The number of nitrogens with zero attached hydrogens (tertiary/aromatic N) is 2. The normalized spacial score (nSPS) is 11.5. The molecule has 7 nitrogen and oxygen atoms in total. The van der Waals surface area contributed by atoms with Crippen LogP contribution in [0, 0.1) is 11.3 Å². The van der Waals surface area contributed by atoms with E-state index < -0.39 is 11.6 Å². The van der Waals surface area contributed by atoms with Crippen molar-refractivity contribution in [2.24, 2.45) is 0 Å². The fraction of sp³-hybridized carbons (Fsp3) is 0. The lowest BCUT2D eigenvalue weighted by atomic mass is 10.1. The van der Waals surface area contributed by atoms with Crippen LogP contribution in [0.5, 0.6) is 0 Å². The van der Waals surface area contributed by atoms with Gasteiger partial charge in [-0.25, -0.2) is 14.6 Å². The van der Waals surface area contributed by atoms with Crippen LogP contribution < -0.4 is 5.63 Å². The van der Waals surface area contributed by atoms with Gasteiger partial charge in [-0.05, 0) is 48.5 Å². The molecule has 0 spiro atoms. The Morgan fingerprint density at radius 1 is 1.09 bits per heavy atom. The summed E-state index contributed by atoms with van der Waals surface area (Å²) >= 11 is 7.26. The van der Waals surface area contributed by atoms with Gasteiger partial charge < -0.3 is 13.9 Å². The number of allylic oxidation sites excluding steroid dienone is 1. The van der Waals surface area contributed by atoms with Crippen molar-refractivity contribution >= 4 is 51.5 Å². The molecule has 5 aromatic rings. The van der Waals surface area contributed by atoms with Crippen LogP contribution in [0.3, 0.4) is 0 Å². The van der Waals surface area contributed by atoms with E-state index in [0.717, 1.165) is 0 Å². The average molecular weight is 501 g/mol. The lowest BCUT2D eigenvalue weighted by Gasteiger charge is -2.00. The van der Waals surface area contributed by atoms with Gasteiger partial charge >= 0.3 is 11.6 Å². The number of carbonyl (C=O) groups is 1. The van der Waals surface area contributed by atoms with Crippen LogP contribution in [0.2, 0.25) is 5.02 Å². The number of carboxylic acids is 1. The number of nitriles is 1. The minimum Gasteiger partial charge on any atom is -0.478 e. The van der Waals surface area contributed by atoms with Gasteiger partial charge in [-0.15, -0.1) is 11.3 Å². The molecule has 0 unspecified atom stereocenters. The van der Waals surface area contributed by atoms with Gasteiger partial charge in [-0.1, -0.05) is 23.7 Å². The topological polar surface area (TPSA) is 117 Å². The summed E-state index contributed by atoms with van der Waals surface area (Å²) in [7, 11) is 0. The first-order valence-corrected chi connectivity index (χ1v) is 11.4. The van der Waals surface area contributed by atoms with E-state index in [1.807, 2.05) is 0 Å². The summed E-state index contributed by atoms with van der Waals surface area (Å²) in [5, 5.41) is 22.0. The van der Waals surface area contributed by atoms with Crippen molar-refractivity contribution in [2.75, 3.05) is 0 Å². The molecule has 0 aliphatic heterocycles. The first-order valence-electron chi connectivity index (χ1n) is 10.2. The Hall–Kier alpha value is -4.45. The predicted octanol–water partition coefficient (Wildman–Crippen LogP) is 6.59. The monoisotopic (exact) mass is 500 g/mol. The number of carboxylic acid groups (broad SMARTS) is 1. The van der Waals surface area contributed by atoms with E-state index in [9.17, 15) is 14.9 Å². The van der Waals surface area contributed by atoms with E-state index in [0.29, 0.717) is 43.8 Å². The molecule has 5 rings (SSSR count). The molecule has 9 heteroatoms. The van der Waals surface area contributed by atoms with Crippen LogP contribution in [0.1, 0.15) is 21.1 Å². The Bertz CT molecular complexity index is 1720. The third-order valence-corrected chi connectivity index (χ3v) is 6.27. The highest BCUT2D eigenvalue weighted by Gasteiger charge is 2.15. The maximum Gasteiger partial charge on any atom is 0.345 e. The van der Waals surface area contributed by atoms with Gasteiger partial charge in [-0.3, -0.25) is 0 Å². The number of fused-ring (bicyclic) bond motifs is 1. The number of hydrogen-bond acceptors (Lipinski definition) is 7. The van der Waals surface area contributed by atoms with Crippen molar-refractivity contribution < 1.29 is 18.7 Å². The Morgan fingerprint density at radius 2 is 1.89 bits per heavy atom. The van der Waals surface area contributed by atoms with Crippen molar-refractivity contribution in [2.45, 2.75) is 0 Å². The van der Waals surface area contributed by atoms with Gasteiger partial charge in [0.15, 0.2) is 0 Å². The Kier molecular flexibility index (Phi) is 5.79. The number of furan rings is 1. The Balaban J connectivity index is 1.45. The van der Waals surface area contributed by atoms with Gasteiger partial charge in [0, 0.05) is 27.4 Å². The van der Waals surface area contributed by atoms with E-state index in [1.54, 1.807) is 60.0 Å². The van der Waals surface area contributed by atoms with Crippen molar-refractivity contribution in [1.29, 1.82) is 5.26 Å². The van der Waals surface area contributed by atoms with E-state index in [2.05, 4.69) is 11.1 Å².